The number of fused-ring (bicyclic) bond motifs is 1. The van der Waals surface area contributed by atoms with E-state index in [1.165, 1.54) is 17.4 Å². The normalized spacial score (nSPS) is 11.9. The number of thiazole rings is 1. The number of hydrogen-bond acceptors (Lipinski definition) is 7. The minimum atomic E-state index is -4.56. The van der Waals surface area contributed by atoms with Gasteiger partial charge in [0.25, 0.3) is 0 Å². The van der Waals surface area contributed by atoms with E-state index in [1.807, 2.05) is 18.9 Å². The number of ether oxygens (including phenoxy) is 1. The Morgan fingerprint density at radius 3 is 2.76 bits per heavy atom. The van der Waals surface area contributed by atoms with Gasteiger partial charge < -0.3 is 19.3 Å². The van der Waals surface area contributed by atoms with Crippen molar-refractivity contribution in [1.82, 2.24) is 10.1 Å². The third-order valence-electron chi connectivity index (χ3n) is 4.39. The van der Waals surface area contributed by atoms with E-state index in [-0.39, 0.29) is 17.6 Å². The topological polar surface area (TPSA) is 71.6 Å². The lowest BCUT2D eigenvalue weighted by Gasteiger charge is -2.16. The first-order valence-corrected chi connectivity index (χ1v) is 10.0. The Labute approximate surface area is 169 Å². The molecule has 0 fully saturated rings. The lowest BCUT2D eigenvalue weighted by molar-refractivity contribution is -0.141. The van der Waals surface area contributed by atoms with Crippen molar-refractivity contribution in [1.29, 1.82) is 0 Å². The van der Waals surface area contributed by atoms with Gasteiger partial charge in [0.1, 0.15) is 5.75 Å². The molecule has 0 bridgehead atoms. The molecule has 0 amide bonds. The molecule has 2 heterocycles. The summed E-state index contributed by atoms with van der Waals surface area (Å²) in [4.78, 5) is 7.02. The molecule has 0 unspecified atom stereocenters. The van der Waals surface area contributed by atoms with Crippen LogP contribution < -0.4 is 9.64 Å². The van der Waals surface area contributed by atoms with Gasteiger partial charge in [0, 0.05) is 25.4 Å². The first-order valence-electron chi connectivity index (χ1n) is 9.23. The highest BCUT2D eigenvalue weighted by atomic mass is 32.1. The highest BCUT2D eigenvalue weighted by Gasteiger charge is 2.37. The van der Waals surface area contributed by atoms with Crippen LogP contribution in [0.15, 0.2) is 22.9 Å². The molecule has 0 atom stereocenters. The average Bonchev–Trinajstić information content (AvgIpc) is 3.33. The molecule has 0 saturated carbocycles. The van der Waals surface area contributed by atoms with Crippen LogP contribution in [0.4, 0.5) is 18.3 Å². The highest BCUT2D eigenvalue weighted by Crippen LogP contribution is 2.38. The molecular formula is C19H22F3N3O3S. The first-order chi connectivity index (χ1) is 13.8. The number of hydrogen-bond donors (Lipinski definition) is 1. The number of anilines is 1. The third-order valence-corrected chi connectivity index (χ3v) is 5.48. The monoisotopic (exact) mass is 429 g/mol. The summed E-state index contributed by atoms with van der Waals surface area (Å²) in [7, 11) is 1.90. The Hall–Kier alpha value is -2.33. The largest absolute Gasteiger partial charge is 0.493 e. The molecular weight excluding hydrogens is 407 g/mol. The van der Waals surface area contributed by atoms with Gasteiger partial charge in [0.2, 0.25) is 0 Å². The van der Waals surface area contributed by atoms with Crippen LogP contribution in [0.2, 0.25) is 0 Å². The van der Waals surface area contributed by atoms with Gasteiger partial charge in [0.15, 0.2) is 16.4 Å². The number of alkyl halides is 3. The molecule has 0 spiro atoms. The van der Waals surface area contributed by atoms with Crippen LogP contribution in [0.5, 0.6) is 5.75 Å². The number of rotatable bonds is 9. The summed E-state index contributed by atoms with van der Waals surface area (Å²) in [6, 6.07) is 2.90. The van der Waals surface area contributed by atoms with E-state index in [2.05, 4.69) is 10.1 Å². The van der Waals surface area contributed by atoms with Crippen LogP contribution >= 0.6 is 11.3 Å². The molecule has 0 radical (unpaired) electrons. The molecule has 158 valence electrons. The Bertz CT molecular complexity index is 955. The fraction of sp³-hybridized carbons (Fsp3) is 0.474. The summed E-state index contributed by atoms with van der Waals surface area (Å²) in [5.74, 6) is 0.517. The van der Waals surface area contributed by atoms with Gasteiger partial charge in [-0.25, -0.2) is 4.98 Å². The van der Waals surface area contributed by atoms with Crippen molar-refractivity contribution in [2.24, 2.45) is 0 Å². The molecule has 0 saturated heterocycles. The van der Waals surface area contributed by atoms with Crippen LogP contribution in [0.25, 0.3) is 11.0 Å². The van der Waals surface area contributed by atoms with Crippen molar-refractivity contribution in [3.05, 3.63) is 34.5 Å². The van der Waals surface area contributed by atoms with Crippen LogP contribution in [-0.4, -0.2) is 35.4 Å². The summed E-state index contributed by atoms with van der Waals surface area (Å²) >= 11 is 1.42. The molecule has 10 heteroatoms. The fourth-order valence-corrected chi connectivity index (χ4v) is 3.75. The average molecular weight is 429 g/mol. The Balaban J connectivity index is 1.67. The van der Waals surface area contributed by atoms with Crippen molar-refractivity contribution >= 4 is 27.4 Å². The SMILES string of the molecule is CCCc1c(OCCCN(C)c2ncc(CO)s2)ccc2c(C(F)(F)F)noc12. The zero-order valence-electron chi connectivity index (χ0n) is 16.1. The lowest BCUT2D eigenvalue weighted by Crippen LogP contribution is -2.20. The van der Waals surface area contributed by atoms with E-state index in [0.717, 1.165) is 16.4 Å². The molecule has 0 aliphatic heterocycles. The first kappa shape index (κ1) is 21.4. The maximum atomic E-state index is 13.1. The van der Waals surface area contributed by atoms with Crippen LogP contribution in [-0.2, 0) is 19.2 Å². The second kappa shape index (κ2) is 9.00. The van der Waals surface area contributed by atoms with Crippen LogP contribution in [0.3, 0.4) is 0 Å². The van der Waals surface area contributed by atoms with E-state index >= 15 is 0 Å². The fourth-order valence-electron chi connectivity index (χ4n) is 2.99. The summed E-state index contributed by atoms with van der Waals surface area (Å²) < 4.78 is 50.1. The van der Waals surface area contributed by atoms with Gasteiger partial charge in [-0.05, 0) is 25.0 Å². The Morgan fingerprint density at radius 1 is 1.31 bits per heavy atom. The molecule has 1 aromatic carbocycles. The van der Waals surface area contributed by atoms with Crippen molar-refractivity contribution < 1.29 is 27.5 Å². The number of benzene rings is 1. The summed E-state index contributed by atoms with van der Waals surface area (Å²) in [6.45, 7) is 2.98. The third kappa shape index (κ3) is 4.81. The number of aliphatic hydroxyl groups excluding tert-OH is 1. The molecule has 3 rings (SSSR count). The maximum Gasteiger partial charge on any atom is 0.437 e. The van der Waals surface area contributed by atoms with Crippen molar-refractivity contribution in [3.8, 4) is 5.75 Å². The molecule has 29 heavy (non-hydrogen) atoms. The predicted molar refractivity (Wildman–Crippen MR) is 104 cm³/mol. The van der Waals surface area contributed by atoms with E-state index in [9.17, 15) is 13.2 Å². The second-order valence-electron chi connectivity index (χ2n) is 6.59. The van der Waals surface area contributed by atoms with Gasteiger partial charge in [-0.3, -0.25) is 0 Å². The molecule has 0 aliphatic carbocycles. The van der Waals surface area contributed by atoms with E-state index in [0.29, 0.717) is 37.3 Å². The molecule has 1 N–H and O–H groups in total. The summed E-state index contributed by atoms with van der Waals surface area (Å²) in [5.41, 5.74) is -0.272. The van der Waals surface area contributed by atoms with E-state index in [1.54, 1.807) is 12.3 Å². The number of aliphatic hydroxyl groups is 1. The number of aryl methyl sites for hydroxylation is 1. The minimum absolute atomic E-state index is 0.0327. The molecule has 0 aliphatic rings. The van der Waals surface area contributed by atoms with Gasteiger partial charge in [-0.15, -0.1) is 0 Å². The molecule has 6 nitrogen and oxygen atoms in total. The van der Waals surface area contributed by atoms with Crippen molar-refractivity contribution in [3.63, 3.8) is 0 Å². The highest BCUT2D eigenvalue weighted by molar-refractivity contribution is 7.15. The number of nitrogens with zero attached hydrogens (tertiary/aromatic N) is 3. The zero-order valence-corrected chi connectivity index (χ0v) is 16.9. The smallest absolute Gasteiger partial charge is 0.437 e. The number of aromatic nitrogens is 2. The van der Waals surface area contributed by atoms with Gasteiger partial charge in [0.05, 0.1) is 23.5 Å². The van der Waals surface area contributed by atoms with Crippen molar-refractivity contribution in [2.75, 3.05) is 25.1 Å². The van der Waals surface area contributed by atoms with E-state index in [4.69, 9.17) is 14.4 Å². The maximum absolute atomic E-state index is 13.1. The Kier molecular flexibility index (Phi) is 6.63. The van der Waals surface area contributed by atoms with Crippen LogP contribution in [0.1, 0.15) is 35.9 Å². The van der Waals surface area contributed by atoms with E-state index < -0.39 is 11.9 Å². The summed E-state index contributed by atoms with van der Waals surface area (Å²) in [5, 5.41) is 13.1. The minimum Gasteiger partial charge on any atom is -0.493 e. The zero-order chi connectivity index (χ0) is 21.0. The molecule has 2 aromatic heterocycles. The Morgan fingerprint density at radius 2 is 2.10 bits per heavy atom. The van der Waals surface area contributed by atoms with Crippen LogP contribution in [0, 0.1) is 0 Å². The van der Waals surface area contributed by atoms with Crippen molar-refractivity contribution in [2.45, 2.75) is 39.0 Å². The lowest BCUT2D eigenvalue weighted by atomic mass is 10.0. The molecule has 3 aromatic rings. The van der Waals surface area contributed by atoms with Gasteiger partial charge in [-0.2, -0.15) is 13.2 Å². The number of halogens is 3. The predicted octanol–water partition coefficient (Wildman–Crippen LogP) is 4.65. The summed E-state index contributed by atoms with van der Waals surface area (Å²) in [6.07, 6.45) is -0.961. The quantitative estimate of drug-likeness (QED) is 0.499. The van der Waals surface area contributed by atoms with Gasteiger partial charge in [-0.1, -0.05) is 29.8 Å². The van der Waals surface area contributed by atoms with Gasteiger partial charge >= 0.3 is 6.18 Å². The second-order valence-corrected chi connectivity index (χ2v) is 7.68. The standard InChI is InChI=1S/C19H22F3N3O3S/c1-3-5-13-15(7-6-14-16(13)28-24-17(14)19(20,21)22)27-9-4-8-25(2)18-23-10-12(11-26)29-18/h6-7,10,26H,3-5,8-9,11H2,1-2H3.